The van der Waals surface area contributed by atoms with E-state index in [1.807, 2.05) is 18.2 Å². The molecule has 0 radical (unpaired) electrons. The molecule has 0 aliphatic carbocycles. The van der Waals surface area contributed by atoms with Crippen LogP contribution in [0.1, 0.15) is 19.4 Å². The molecule has 1 N–H and O–H groups in total. The van der Waals surface area contributed by atoms with Gasteiger partial charge in [-0.3, -0.25) is 0 Å². The number of benzene rings is 1. The Balaban J connectivity index is 2.63. The smallest absolute Gasteiger partial charge is 0.316 e. The molecule has 16 heavy (non-hydrogen) atoms. The van der Waals surface area contributed by atoms with Gasteiger partial charge in [0.15, 0.2) is 0 Å². The Labute approximate surface area is 97.5 Å². The van der Waals surface area contributed by atoms with E-state index in [4.69, 9.17) is 0 Å². The van der Waals surface area contributed by atoms with Gasteiger partial charge in [0.25, 0.3) is 0 Å². The van der Waals surface area contributed by atoms with Crippen molar-refractivity contribution >= 4 is 6.03 Å². The van der Waals surface area contributed by atoms with Crippen LogP contribution in [0.3, 0.4) is 0 Å². The summed E-state index contributed by atoms with van der Waals surface area (Å²) in [7, 11) is 3.48. The summed E-state index contributed by atoms with van der Waals surface area (Å²) in [6, 6.07) is 10.2. The van der Waals surface area contributed by atoms with Crippen molar-refractivity contribution in [3.05, 3.63) is 35.9 Å². The molecule has 0 heterocycles. The topological polar surface area (TPSA) is 32.3 Å². The predicted octanol–water partition coefficient (Wildman–Crippen LogP) is 2.24. The van der Waals surface area contributed by atoms with Gasteiger partial charge in [0, 0.05) is 26.1 Å². The van der Waals surface area contributed by atoms with Crippen molar-refractivity contribution < 1.29 is 4.79 Å². The van der Waals surface area contributed by atoms with E-state index in [-0.39, 0.29) is 11.4 Å². The summed E-state index contributed by atoms with van der Waals surface area (Å²) in [5.41, 5.74) is 1.18. The highest BCUT2D eigenvalue weighted by atomic mass is 16.2. The molecule has 1 aromatic rings. The summed E-state index contributed by atoms with van der Waals surface area (Å²) >= 11 is 0. The molecule has 0 atom stereocenters. The van der Waals surface area contributed by atoms with Crippen LogP contribution < -0.4 is 5.32 Å². The lowest BCUT2D eigenvalue weighted by molar-refractivity contribution is 0.215. The Hall–Kier alpha value is -1.51. The summed E-state index contributed by atoms with van der Waals surface area (Å²) in [6.45, 7) is 4.88. The number of nitrogens with zero attached hydrogens (tertiary/aromatic N) is 1. The molecule has 1 aromatic carbocycles. The molecule has 0 saturated heterocycles. The van der Waals surface area contributed by atoms with Gasteiger partial charge in [-0.15, -0.1) is 0 Å². The van der Waals surface area contributed by atoms with Crippen molar-refractivity contribution in [2.45, 2.75) is 19.3 Å². The molecule has 2 amide bonds. The molecule has 0 saturated carbocycles. The predicted molar refractivity (Wildman–Crippen MR) is 66.6 cm³/mol. The average molecular weight is 220 g/mol. The van der Waals surface area contributed by atoms with E-state index in [9.17, 15) is 4.79 Å². The Kier molecular flexibility index (Phi) is 3.93. The minimum Gasteiger partial charge on any atom is -0.337 e. The molecule has 0 fully saturated rings. The quantitative estimate of drug-likeness (QED) is 0.832. The monoisotopic (exact) mass is 220 g/mol. The van der Waals surface area contributed by atoms with Crippen molar-refractivity contribution in [3.8, 4) is 0 Å². The van der Waals surface area contributed by atoms with Crippen molar-refractivity contribution in [2.24, 2.45) is 0 Å². The zero-order valence-electron chi connectivity index (χ0n) is 10.4. The van der Waals surface area contributed by atoms with E-state index in [1.165, 1.54) is 5.56 Å². The first-order valence-electron chi connectivity index (χ1n) is 5.44. The van der Waals surface area contributed by atoms with Gasteiger partial charge in [0.1, 0.15) is 0 Å². The molecule has 3 heteroatoms. The van der Waals surface area contributed by atoms with Crippen LogP contribution in [-0.4, -0.2) is 31.6 Å². The Bertz CT molecular complexity index is 344. The third-order valence-corrected chi connectivity index (χ3v) is 2.64. The van der Waals surface area contributed by atoms with Crippen LogP contribution in [0.15, 0.2) is 30.3 Å². The van der Waals surface area contributed by atoms with E-state index in [2.05, 4.69) is 31.3 Å². The van der Waals surface area contributed by atoms with Crippen LogP contribution in [0.25, 0.3) is 0 Å². The zero-order valence-corrected chi connectivity index (χ0v) is 10.4. The van der Waals surface area contributed by atoms with Crippen molar-refractivity contribution in [2.75, 3.05) is 20.6 Å². The average Bonchev–Trinajstić information content (AvgIpc) is 2.27. The molecule has 0 spiro atoms. The molecule has 0 aliphatic rings. The summed E-state index contributed by atoms with van der Waals surface area (Å²) in [5, 5.41) is 2.91. The highest BCUT2D eigenvalue weighted by molar-refractivity contribution is 5.73. The van der Waals surface area contributed by atoms with Crippen LogP contribution in [0.5, 0.6) is 0 Å². The van der Waals surface area contributed by atoms with Crippen molar-refractivity contribution in [1.29, 1.82) is 0 Å². The fourth-order valence-electron chi connectivity index (χ4n) is 1.45. The first kappa shape index (κ1) is 12.6. The number of urea groups is 1. The number of nitrogens with one attached hydrogen (secondary N) is 1. The van der Waals surface area contributed by atoms with Crippen molar-refractivity contribution in [1.82, 2.24) is 10.2 Å². The van der Waals surface area contributed by atoms with E-state index in [0.29, 0.717) is 6.54 Å². The van der Waals surface area contributed by atoms with E-state index in [0.717, 1.165) is 0 Å². The van der Waals surface area contributed by atoms with Crippen molar-refractivity contribution in [3.63, 3.8) is 0 Å². The maximum Gasteiger partial charge on any atom is 0.316 e. The van der Waals surface area contributed by atoms with Gasteiger partial charge < -0.3 is 10.2 Å². The van der Waals surface area contributed by atoms with E-state index in [1.54, 1.807) is 19.0 Å². The van der Waals surface area contributed by atoms with Crippen LogP contribution >= 0.6 is 0 Å². The Morgan fingerprint density at radius 3 is 2.31 bits per heavy atom. The number of carbonyl (C=O) groups is 1. The minimum absolute atomic E-state index is 0.0487. The highest BCUT2D eigenvalue weighted by Crippen LogP contribution is 2.21. The van der Waals surface area contributed by atoms with Gasteiger partial charge in [0.05, 0.1) is 0 Å². The largest absolute Gasteiger partial charge is 0.337 e. The molecule has 1 rings (SSSR count). The van der Waals surface area contributed by atoms with E-state index >= 15 is 0 Å². The second-order valence-electron chi connectivity index (χ2n) is 4.80. The molecule has 88 valence electrons. The third kappa shape index (κ3) is 3.26. The summed E-state index contributed by atoms with van der Waals surface area (Å²) < 4.78 is 0. The number of hydrogen-bond donors (Lipinski definition) is 1. The standard InChI is InChI=1S/C13H20N2O/c1-13(2,10-14-12(16)15(3)4)11-8-6-5-7-9-11/h5-9H,10H2,1-4H3,(H,14,16). The second kappa shape index (κ2) is 5.01. The zero-order chi connectivity index (χ0) is 12.2. The van der Waals surface area contributed by atoms with Crippen LogP contribution in [0, 0.1) is 0 Å². The lowest BCUT2D eigenvalue weighted by Gasteiger charge is -2.26. The maximum atomic E-state index is 11.4. The van der Waals surface area contributed by atoms with Gasteiger partial charge >= 0.3 is 6.03 Å². The lowest BCUT2D eigenvalue weighted by Crippen LogP contribution is -2.41. The van der Waals surface area contributed by atoms with Crippen LogP contribution in [-0.2, 0) is 5.41 Å². The number of hydrogen-bond acceptors (Lipinski definition) is 1. The third-order valence-electron chi connectivity index (χ3n) is 2.64. The fourth-order valence-corrected chi connectivity index (χ4v) is 1.45. The maximum absolute atomic E-state index is 11.4. The Morgan fingerprint density at radius 2 is 1.81 bits per heavy atom. The summed E-state index contributed by atoms with van der Waals surface area (Å²) in [4.78, 5) is 13.0. The highest BCUT2D eigenvalue weighted by Gasteiger charge is 2.21. The number of rotatable bonds is 3. The molecule has 0 aliphatic heterocycles. The van der Waals surface area contributed by atoms with Gasteiger partial charge in [-0.25, -0.2) is 4.79 Å². The molecule has 0 unspecified atom stereocenters. The molecule has 0 aromatic heterocycles. The molecular formula is C13H20N2O. The minimum atomic E-state index is -0.0518. The fraction of sp³-hybridized carbons (Fsp3) is 0.462. The lowest BCUT2D eigenvalue weighted by atomic mass is 9.85. The van der Waals surface area contributed by atoms with Gasteiger partial charge in [-0.05, 0) is 5.56 Å². The first-order chi connectivity index (χ1) is 7.43. The number of amides is 2. The Morgan fingerprint density at radius 1 is 1.25 bits per heavy atom. The molecule has 3 nitrogen and oxygen atoms in total. The molecule has 0 bridgehead atoms. The van der Waals surface area contributed by atoms with Gasteiger partial charge in [-0.2, -0.15) is 0 Å². The van der Waals surface area contributed by atoms with Gasteiger partial charge in [-0.1, -0.05) is 44.2 Å². The van der Waals surface area contributed by atoms with Crippen LogP contribution in [0.2, 0.25) is 0 Å². The molecular weight excluding hydrogens is 200 g/mol. The number of carbonyl (C=O) groups excluding carboxylic acids is 1. The SMILES string of the molecule is CN(C)C(=O)NCC(C)(C)c1ccccc1. The summed E-state index contributed by atoms with van der Waals surface area (Å²) in [5.74, 6) is 0. The normalized spacial score (nSPS) is 11.0. The van der Waals surface area contributed by atoms with Gasteiger partial charge in [0.2, 0.25) is 0 Å². The van der Waals surface area contributed by atoms with E-state index < -0.39 is 0 Å². The van der Waals surface area contributed by atoms with Crippen LogP contribution in [0.4, 0.5) is 4.79 Å². The summed E-state index contributed by atoms with van der Waals surface area (Å²) in [6.07, 6.45) is 0. The second-order valence-corrected chi connectivity index (χ2v) is 4.80. The first-order valence-corrected chi connectivity index (χ1v) is 5.44.